The zero-order valence-electron chi connectivity index (χ0n) is 12.1. The Hall–Kier alpha value is -1.88. The van der Waals surface area contributed by atoms with Crippen LogP contribution in [-0.2, 0) is 0 Å². The normalized spacial score (nSPS) is 12.8. The molecule has 1 N–H and O–H groups in total. The molecule has 2 aromatic rings. The predicted octanol–water partition coefficient (Wildman–Crippen LogP) is 3.00. The molecule has 0 aliphatic carbocycles. The van der Waals surface area contributed by atoms with Crippen molar-refractivity contribution in [3.05, 3.63) is 47.0 Å². The molecule has 0 amide bonds. The van der Waals surface area contributed by atoms with Crippen LogP contribution in [0.15, 0.2) is 24.4 Å². The van der Waals surface area contributed by atoms with Gasteiger partial charge in [-0.1, -0.05) is 18.2 Å². The quantitative estimate of drug-likeness (QED) is 0.935. The number of ether oxygens (including phenoxy) is 1. The molecule has 0 bridgehead atoms. The van der Waals surface area contributed by atoms with Gasteiger partial charge < -0.3 is 9.84 Å². The molecule has 1 heterocycles. The van der Waals surface area contributed by atoms with E-state index in [1.165, 1.54) is 13.3 Å². The molecule has 4 nitrogen and oxygen atoms in total. The summed E-state index contributed by atoms with van der Waals surface area (Å²) in [6.45, 7) is 5.55. The first-order valence-electron chi connectivity index (χ1n) is 6.51. The summed E-state index contributed by atoms with van der Waals surface area (Å²) < 4.78 is 21.0. The minimum Gasteiger partial charge on any atom is -0.493 e. The number of aliphatic hydroxyl groups excluding tert-OH is 1. The number of hydrogen-bond acceptors (Lipinski definition) is 3. The predicted molar refractivity (Wildman–Crippen MR) is 74.4 cm³/mol. The maximum absolute atomic E-state index is 14.2. The van der Waals surface area contributed by atoms with Gasteiger partial charge in [-0.2, -0.15) is 5.10 Å². The Kier molecular flexibility index (Phi) is 4.09. The standard InChI is InChI=1S/C15H19FN2O2/c1-9(2)18-14(12(20-4)8-17-18)15(19)11-7-5-6-10(3)13(11)16/h5-9,15,19H,1-4H3. The summed E-state index contributed by atoms with van der Waals surface area (Å²) in [5.74, 6) is 0.0469. The summed E-state index contributed by atoms with van der Waals surface area (Å²) >= 11 is 0. The summed E-state index contributed by atoms with van der Waals surface area (Å²) in [7, 11) is 1.50. The second-order valence-electron chi connectivity index (χ2n) is 5.02. The van der Waals surface area contributed by atoms with E-state index in [1.54, 1.807) is 29.8 Å². The number of rotatable bonds is 4. The van der Waals surface area contributed by atoms with Crippen molar-refractivity contribution in [1.29, 1.82) is 0 Å². The van der Waals surface area contributed by atoms with Crippen LogP contribution in [-0.4, -0.2) is 22.0 Å². The van der Waals surface area contributed by atoms with Gasteiger partial charge in [0.15, 0.2) is 5.75 Å². The SMILES string of the molecule is COc1cnn(C(C)C)c1C(O)c1cccc(C)c1F. The lowest BCUT2D eigenvalue weighted by Gasteiger charge is -2.18. The van der Waals surface area contributed by atoms with E-state index < -0.39 is 11.9 Å². The van der Waals surface area contributed by atoms with E-state index in [2.05, 4.69) is 5.10 Å². The minimum atomic E-state index is -1.12. The Bertz CT molecular complexity index is 608. The molecule has 0 saturated heterocycles. The third-order valence-corrected chi connectivity index (χ3v) is 3.28. The molecule has 2 rings (SSSR count). The summed E-state index contributed by atoms with van der Waals surface area (Å²) in [6, 6.07) is 5.00. The molecular formula is C15H19FN2O2. The monoisotopic (exact) mass is 278 g/mol. The van der Waals surface area contributed by atoms with Gasteiger partial charge in [-0.05, 0) is 26.3 Å². The zero-order valence-corrected chi connectivity index (χ0v) is 12.1. The van der Waals surface area contributed by atoms with Crippen molar-refractivity contribution in [2.45, 2.75) is 32.9 Å². The average Bonchev–Trinajstić information content (AvgIpc) is 2.85. The van der Waals surface area contributed by atoms with Crippen molar-refractivity contribution in [3.63, 3.8) is 0 Å². The summed E-state index contributed by atoms with van der Waals surface area (Å²) in [6.07, 6.45) is 0.418. The van der Waals surface area contributed by atoms with Crippen molar-refractivity contribution >= 4 is 0 Å². The van der Waals surface area contributed by atoms with E-state index >= 15 is 0 Å². The fourth-order valence-corrected chi connectivity index (χ4v) is 2.21. The molecule has 0 aliphatic heterocycles. The Balaban J connectivity index is 2.55. The minimum absolute atomic E-state index is 0.0384. The number of hydrogen-bond donors (Lipinski definition) is 1. The molecule has 1 aromatic heterocycles. The molecule has 0 saturated carbocycles. The number of nitrogens with zero attached hydrogens (tertiary/aromatic N) is 2. The van der Waals surface area contributed by atoms with Crippen LogP contribution >= 0.6 is 0 Å². The highest BCUT2D eigenvalue weighted by Crippen LogP contribution is 2.33. The maximum atomic E-state index is 14.2. The summed E-state index contributed by atoms with van der Waals surface area (Å²) in [4.78, 5) is 0. The molecule has 1 atom stereocenters. The number of aryl methyl sites for hydroxylation is 1. The van der Waals surface area contributed by atoms with Crippen molar-refractivity contribution in [2.24, 2.45) is 0 Å². The molecule has 108 valence electrons. The maximum Gasteiger partial charge on any atom is 0.163 e. The van der Waals surface area contributed by atoms with E-state index in [1.807, 2.05) is 13.8 Å². The van der Waals surface area contributed by atoms with Crippen molar-refractivity contribution in [2.75, 3.05) is 7.11 Å². The van der Waals surface area contributed by atoms with Crippen LogP contribution in [0.3, 0.4) is 0 Å². The Morgan fingerprint density at radius 1 is 1.35 bits per heavy atom. The van der Waals surface area contributed by atoms with Crippen LogP contribution in [0.25, 0.3) is 0 Å². The van der Waals surface area contributed by atoms with Crippen molar-refractivity contribution < 1.29 is 14.2 Å². The highest BCUT2D eigenvalue weighted by atomic mass is 19.1. The number of aromatic nitrogens is 2. The van der Waals surface area contributed by atoms with Gasteiger partial charge in [0.1, 0.15) is 17.6 Å². The third kappa shape index (κ3) is 2.41. The van der Waals surface area contributed by atoms with Gasteiger partial charge in [0, 0.05) is 11.6 Å². The van der Waals surface area contributed by atoms with Crippen molar-refractivity contribution in [3.8, 4) is 5.75 Å². The van der Waals surface area contributed by atoms with E-state index in [9.17, 15) is 9.50 Å². The molecule has 0 aliphatic rings. The first-order chi connectivity index (χ1) is 9.47. The van der Waals surface area contributed by atoms with Crippen LogP contribution in [0.4, 0.5) is 4.39 Å². The number of methoxy groups -OCH3 is 1. The first-order valence-corrected chi connectivity index (χ1v) is 6.51. The van der Waals surface area contributed by atoms with E-state index in [0.29, 0.717) is 17.0 Å². The topological polar surface area (TPSA) is 47.3 Å². The molecule has 5 heteroatoms. The van der Waals surface area contributed by atoms with Crippen LogP contribution < -0.4 is 4.74 Å². The van der Waals surface area contributed by atoms with Gasteiger partial charge in [0.25, 0.3) is 0 Å². The molecule has 0 radical (unpaired) electrons. The average molecular weight is 278 g/mol. The van der Waals surface area contributed by atoms with Crippen LogP contribution in [0, 0.1) is 12.7 Å². The first kappa shape index (κ1) is 14.5. The zero-order chi connectivity index (χ0) is 14.9. The molecule has 1 aromatic carbocycles. The highest BCUT2D eigenvalue weighted by molar-refractivity contribution is 5.37. The van der Waals surface area contributed by atoms with Gasteiger partial charge in [-0.25, -0.2) is 4.39 Å². The summed E-state index contributed by atoms with van der Waals surface area (Å²) in [5.41, 5.74) is 1.19. The second kappa shape index (κ2) is 5.63. The molecule has 0 fully saturated rings. The third-order valence-electron chi connectivity index (χ3n) is 3.28. The molecular weight excluding hydrogens is 259 g/mol. The fourth-order valence-electron chi connectivity index (χ4n) is 2.21. The smallest absolute Gasteiger partial charge is 0.163 e. The summed E-state index contributed by atoms with van der Waals surface area (Å²) in [5, 5.41) is 14.7. The highest BCUT2D eigenvalue weighted by Gasteiger charge is 2.25. The largest absolute Gasteiger partial charge is 0.493 e. The Morgan fingerprint density at radius 2 is 2.05 bits per heavy atom. The van der Waals surface area contributed by atoms with Gasteiger partial charge in [-0.15, -0.1) is 0 Å². The Morgan fingerprint density at radius 3 is 2.65 bits per heavy atom. The van der Waals surface area contributed by atoms with Crippen molar-refractivity contribution in [1.82, 2.24) is 9.78 Å². The van der Waals surface area contributed by atoms with Gasteiger partial charge in [0.05, 0.1) is 13.3 Å². The number of benzene rings is 1. The van der Waals surface area contributed by atoms with Gasteiger partial charge >= 0.3 is 0 Å². The number of halogens is 1. The number of aliphatic hydroxyl groups is 1. The second-order valence-corrected chi connectivity index (χ2v) is 5.02. The lowest BCUT2D eigenvalue weighted by atomic mass is 10.0. The molecule has 0 spiro atoms. The molecule has 1 unspecified atom stereocenters. The van der Waals surface area contributed by atoms with Gasteiger partial charge in [0.2, 0.25) is 0 Å². The van der Waals surface area contributed by atoms with E-state index in [-0.39, 0.29) is 11.6 Å². The van der Waals surface area contributed by atoms with E-state index in [0.717, 1.165) is 0 Å². The molecule has 20 heavy (non-hydrogen) atoms. The van der Waals surface area contributed by atoms with E-state index in [4.69, 9.17) is 4.74 Å². The fraction of sp³-hybridized carbons (Fsp3) is 0.400. The lowest BCUT2D eigenvalue weighted by molar-refractivity contribution is 0.194. The van der Waals surface area contributed by atoms with Crippen LogP contribution in [0.5, 0.6) is 5.75 Å². The lowest BCUT2D eigenvalue weighted by Crippen LogP contribution is -2.14. The van der Waals surface area contributed by atoms with Crippen LogP contribution in [0.1, 0.15) is 42.8 Å². The Labute approximate surface area is 117 Å². The van der Waals surface area contributed by atoms with Crippen LogP contribution in [0.2, 0.25) is 0 Å². The van der Waals surface area contributed by atoms with Gasteiger partial charge in [-0.3, -0.25) is 4.68 Å².